The van der Waals surface area contributed by atoms with Crippen LogP contribution >= 0.6 is 0 Å². The van der Waals surface area contributed by atoms with Gasteiger partial charge >= 0.3 is 0 Å². The van der Waals surface area contributed by atoms with Gasteiger partial charge in [0.2, 0.25) is 5.78 Å². The van der Waals surface area contributed by atoms with Crippen molar-refractivity contribution in [3.8, 4) is 0 Å². The van der Waals surface area contributed by atoms with Crippen LogP contribution in [0.25, 0.3) is 11.3 Å². The van der Waals surface area contributed by atoms with E-state index in [4.69, 9.17) is 10.5 Å². The third-order valence-corrected chi connectivity index (χ3v) is 4.77. The summed E-state index contributed by atoms with van der Waals surface area (Å²) in [6.45, 7) is 3.29. The summed E-state index contributed by atoms with van der Waals surface area (Å²) >= 11 is 0. The Labute approximate surface area is 152 Å². The number of benzene rings is 2. The van der Waals surface area contributed by atoms with Gasteiger partial charge in [-0.05, 0) is 37.6 Å². The second kappa shape index (κ2) is 6.57. The molecule has 3 rings (SSSR count). The summed E-state index contributed by atoms with van der Waals surface area (Å²) < 4.78 is 41.8. The summed E-state index contributed by atoms with van der Waals surface area (Å²) in [4.78, 5) is 12.8. The van der Waals surface area contributed by atoms with Crippen LogP contribution in [0.5, 0.6) is 0 Å². The largest absolute Gasteiger partial charge is 0.478 e. The summed E-state index contributed by atoms with van der Waals surface area (Å²) in [5, 5.41) is 0. The van der Waals surface area contributed by atoms with Gasteiger partial charge in [-0.25, -0.2) is 12.8 Å². The molecule has 0 amide bonds. The Hall–Kier alpha value is -2.67. The summed E-state index contributed by atoms with van der Waals surface area (Å²) in [5.74, 6) is -0.992. The topological polar surface area (TPSA) is 86.5 Å². The molecule has 0 saturated heterocycles. The zero-order chi connectivity index (χ0) is 19.1. The highest BCUT2D eigenvalue weighted by molar-refractivity contribution is 7.71. The Balaban J connectivity index is 2.14. The van der Waals surface area contributed by atoms with Crippen LogP contribution in [0.15, 0.2) is 42.5 Å². The van der Waals surface area contributed by atoms with Crippen LogP contribution in [0.4, 0.5) is 10.1 Å². The van der Waals surface area contributed by atoms with Crippen LogP contribution in [-0.4, -0.2) is 19.8 Å². The molecule has 0 spiro atoms. The molecule has 0 unspecified atom stereocenters. The Morgan fingerprint density at radius 2 is 1.69 bits per heavy atom. The van der Waals surface area contributed by atoms with Crippen molar-refractivity contribution in [1.82, 2.24) is 0 Å². The van der Waals surface area contributed by atoms with Crippen molar-refractivity contribution in [2.24, 2.45) is 0 Å². The van der Waals surface area contributed by atoms with E-state index in [9.17, 15) is 17.6 Å². The fraction of sp³-hybridized carbons (Fsp3) is 0.211. The lowest BCUT2D eigenvalue weighted by Gasteiger charge is -2.18. The van der Waals surface area contributed by atoms with Gasteiger partial charge in [-0.3, -0.25) is 4.79 Å². The van der Waals surface area contributed by atoms with E-state index in [1.165, 1.54) is 12.1 Å². The molecule has 0 fully saturated rings. The summed E-state index contributed by atoms with van der Waals surface area (Å²) in [5.41, 5.74) is 6.59. The van der Waals surface area contributed by atoms with E-state index in [1.807, 2.05) is 0 Å². The highest BCUT2D eigenvalue weighted by Crippen LogP contribution is 2.41. The lowest BCUT2D eigenvalue weighted by atomic mass is 9.92. The van der Waals surface area contributed by atoms with E-state index in [2.05, 4.69) is 0 Å². The minimum absolute atomic E-state index is 0.0723. The number of carbonyl (C=O) groups is 1. The predicted molar refractivity (Wildman–Crippen MR) is 98.3 cm³/mol. The molecule has 0 aromatic heterocycles. The van der Waals surface area contributed by atoms with E-state index in [-0.39, 0.29) is 22.9 Å². The van der Waals surface area contributed by atoms with Crippen LogP contribution < -0.4 is 5.73 Å². The van der Waals surface area contributed by atoms with Crippen molar-refractivity contribution >= 4 is 33.5 Å². The SMILES string of the molecule is CC1(C)OC(c2ccc(C[SH](=O)=O)c(F)c2)=C(c2ccc(N)cc2)C1=O. The Morgan fingerprint density at radius 3 is 2.27 bits per heavy atom. The zero-order valence-electron chi connectivity index (χ0n) is 14.3. The van der Waals surface area contributed by atoms with Crippen molar-refractivity contribution < 1.29 is 22.3 Å². The number of ether oxygens (including phenoxy) is 1. The van der Waals surface area contributed by atoms with Crippen LogP contribution in [-0.2, 0) is 26.0 Å². The van der Waals surface area contributed by atoms with Gasteiger partial charge in [-0.15, -0.1) is 0 Å². The van der Waals surface area contributed by atoms with E-state index >= 15 is 0 Å². The number of halogens is 1. The fourth-order valence-electron chi connectivity index (χ4n) is 2.83. The lowest BCUT2D eigenvalue weighted by molar-refractivity contribution is -0.125. The monoisotopic (exact) mass is 375 g/mol. The summed E-state index contributed by atoms with van der Waals surface area (Å²) in [7, 11) is -2.73. The average Bonchev–Trinajstić information content (AvgIpc) is 2.80. The van der Waals surface area contributed by atoms with Crippen LogP contribution in [0.2, 0.25) is 0 Å². The molecular formula is C19H18FNO4S. The van der Waals surface area contributed by atoms with E-state index in [1.54, 1.807) is 44.2 Å². The molecule has 1 aliphatic heterocycles. The number of anilines is 1. The number of ketones is 1. The first kappa shape index (κ1) is 18.1. The number of thiol groups is 1. The van der Waals surface area contributed by atoms with Crippen LogP contribution in [0, 0.1) is 5.82 Å². The average molecular weight is 375 g/mol. The van der Waals surface area contributed by atoms with Crippen molar-refractivity contribution in [3.05, 3.63) is 65.0 Å². The second-order valence-corrected chi connectivity index (χ2v) is 7.55. The van der Waals surface area contributed by atoms with Crippen molar-refractivity contribution in [2.75, 3.05) is 5.73 Å². The molecule has 7 heteroatoms. The second-order valence-electron chi connectivity index (χ2n) is 6.56. The standard InChI is InChI=1S/C19H18FNO4S/c1-19(2)18(22)16(11-5-7-14(21)8-6-11)17(25-19)12-3-4-13(10-26(23)24)15(20)9-12/h3-9,26H,10,21H2,1-2H3. The number of nitrogen functional groups attached to an aromatic ring is 1. The van der Waals surface area contributed by atoms with Gasteiger partial charge in [-0.2, -0.15) is 0 Å². The van der Waals surface area contributed by atoms with Crippen molar-refractivity contribution in [3.63, 3.8) is 0 Å². The molecule has 0 aliphatic carbocycles. The maximum atomic E-state index is 14.3. The van der Waals surface area contributed by atoms with Gasteiger partial charge < -0.3 is 10.5 Å². The molecule has 2 N–H and O–H groups in total. The molecule has 0 atom stereocenters. The Kier molecular flexibility index (Phi) is 4.58. The van der Waals surface area contributed by atoms with Crippen molar-refractivity contribution in [2.45, 2.75) is 25.2 Å². The third kappa shape index (κ3) is 3.35. The summed E-state index contributed by atoms with van der Waals surface area (Å²) in [6.07, 6.45) is 0. The first-order valence-corrected chi connectivity index (χ1v) is 9.30. The molecule has 2 aromatic rings. The van der Waals surface area contributed by atoms with Gasteiger partial charge in [0.1, 0.15) is 22.3 Å². The smallest absolute Gasteiger partial charge is 0.210 e. The fourth-order valence-corrected chi connectivity index (χ4v) is 3.36. The first-order valence-electron chi connectivity index (χ1n) is 7.93. The molecule has 2 aromatic carbocycles. The Morgan fingerprint density at radius 1 is 1.08 bits per heavy atom. The molecule has 5 nitrogen and oxygen atoms in total. The number of hydrogen-bond donors (Lipinski definition) is 2. The Bertz CT molecular complexity index is 983. The van der Waals surface area contributed by atoms with E-state index in [0.717, 1.165) is 0 Å². The number of nitrogens with two attached hydrogens (primary N) is 1. The van der Waals surface area contributed by atoms with Gasteiger partial charge in [0.15, 0.2) is 5.60 Å². The minimum Gasteiger partial charge on any atom is -0.478 e. The maximum absolute atomic E-state index is 14.3. The zero-order valence-corrected chi connectivity index (χ0v) is 15.2. The number of rotatable bonds is 4. The van der Waals surface area contributed by atoms with Gasteiger partial charge in [0.05, 0.1) is 11.3 Å². The summed E-state index contributed by atoms with van der Waals surface area (Å²) in [6, 6.07) is 10.9. The van der Waals surface area contributed by atoms with Gasteiger partial charge in [-0.1, -0.05) is 24.3 Å². The normalized spacial score (nSPS) is 16.2. The molecule has 1 aliphatic rings. The van der Waals surface area contributed by atoms with Gasteiger partial charge in [0.25, 0.3) is 0 Å². The highest BCUT2D eigenvalue weighted by atomic mass is 32.2. The minimum atomic E-state index is -2.73. The van der Waals surface area contributed by atoms with Gasteiger partial charge in [0, 0.05) is 16.8 Å². The first-order chi connectivity index (χ1) is 12.2. The quantitative estimate of drug-likeness (QED) is 0.634. The highest BCUT2D eigenvalue weighted by Gasteiger charge is 2.42. The lowest BCUT2D eigenvalue weighted by Crippen LogP contribution is -2.29. The number of Topliss-reactive ketones (excluding diaryl/α,β-unsaturated/α-hetero) is 1. The van der Waals surface area contributed by atoms with Crippen LogP contribution in [0.1, 0.15) is 30.5 Å². The molecule has 1 heterocycles. The molecule has 136 valence electrons. The maximum Gasteiger partial charge on any atom is 0.210 e. The predicted octanol–water partition coefficient (Wildman–Crippen LogP) is 2.77. The van der Waals surface area contributed by atoms with E-state index < -0.39 is 22.1 Å². The van der Waals surface area contributed by atoms with E-state index in [0.29, 0.717) is 22.4 Å². The molecule has 26 heavy (non-hydrogen) atoms. The number of carbonyl (C=O) groups excluding carboxylic acids is 1. The third-order valence-electron chi connectivity index (χ3n) is 4.17. The molecule has 0 radical (unpaired) electrons. The van der Waals surface area contributed by atoms with Crippen molar-refractivity contribution in [1.29, 1.82) is 0 Å². The number of hydrogen-bond acceptors (Lipinski definition) is 5. The molecule has 0 bridgehead atoms. The molecular weight excluding hydrogens is 357 g/mol. The molecule has 0 saturated carbocycles. The van der Waals surface area contributed by atoms with Crippen LogP contribution in [0.3, 0.4) is 0 Å².